The molecule has 6 nitrogen and oxygen atoms in total. The van der Waals surface area contributed by atoms with Crippen LogP contribution in [0.4, 0.5) is 0 Å². The highest BCUT2D eigenvalue weighted by Crippen LogP contribution is 2.18. The predicted molar refractivity (Wildman–Crippen MR) is 126 cm³/mol. The van der Waals surface area contributed by atoms with Gasteiger partial charge in [-0.2, -0.15) is 0 Å². The molecular weight excluding hydrogens is 402 g/mol. The molecule has 3 heterocycles. The van der Waals surface area contributed by atoms with Crippen LogP contribution in [0, 0.1) is 0 Å². The van der Waals surface area contributed by atoms with Gasteiger partial charge in [0.25, 0.3) is 11.8 Å². The first-order chi connectivity index (χ1) is 15.6. The van der Waals surface area contributed by atoms with Crippen LogP contribution in [-0.4, -0.2) is 41.9 Å². The number of rotatable bonds is 1. The van der Waals surface area contributed by atoms with Gasteiger partial charge in [-0.05, 0) is 56.4 Å². The van der Waals surface area contributed by atoms with E-state index < -0.39 is 0 Å². The summed E-state index contributed by atoms with van der Waals surface area (Å²) in [6.07, 6.45) is 14.5. The highest BCUT2D eigenvalue weighted by atomic mass is 16.2. The maximum Gasteiger partial charge on any atom is 0.255 e. The Morgan fingerprint density at radius 3 is 1.97 bits per heavy atom. The molecule has 1 aromatic carbocycles. The molecule has 2 bridgehead atoms. The maximum absolute atomic E-state index is 13.4. The minimum Gasteiger partial charge on any atom is -0.352 e. The molecule has 1 atom stereocenters. The van der Waals surface area contributed by atoms with Crippen molar-refractivity contribution in [1.29, 1.82) is 0 Å². The first kappa shape index (κ1) is 24.3. The third-order valence-electron chi connectivity index (χ3n) is 6.60. The average molecular weight is 442 g/mol. The molecule has 3 amide bonds. The molecule has 176 valence electrons. The van der Waals surface area contributed by atoms with Crippen molar-refractivity contribution in [1.82, 2.24) is 15.5 Å². The molecule has 0 radical (unpaired) electrons. The lowest BCUT2D eigenvalue weighted by molar-refractivity contribution is -0.122. The molecule has 0 aliphatic carbocycles. The van der Waals surface area contributed by atoms with Crippen molar-refractivity contribution in [2.45, 2.75) is 96.1 Å². The van der Waals surface area contributed by atoms with Crippen LogP contribution in [0.25, 0.3) is 0 Å². The number of fused-ring (bicyclic) bond motifs is 17. The van der Waals surface area contributed by atoms with Crippen LogP contribution in [0.1, 0.15) is 111 Å². The number of carbonyl (C=O) groups excluding carboxylic acids is 3. The molecule has 0 saturated carbocycles. The van der Waals surface area contributed by atoms with E-state index >= 15 is 0 Å². The molecule has 6 heteroatoms. The molecule has 1 fully saturated rings. The molecule has 32 heavy (non-hydrogen) atoms. The maximum atomic E-state index is 13.4. The minimum absolute atomic E-state index is 0.0266. The van der Waals surface area contributed by atoms with Crippen LogP contribution in [-0.2, 0) is 4.79 Å². The first-order valence-corrected chi connectivity index (χ1v) is 12.6. The summed E-state index contributed by atoms with van der Waals surface area (Å²) < 4.78 is 0. The van der Waals surface area contributed by atoms with Crippen LogP contribution < -0.4 is 10.6 Å². The molecule has 1 saturated heterocycles. The van der Waals surface area contributed by atoms with Gasteiger partial charge in [0.05, 0.1) is 0 Å². The molecule has 1 unspecified atom stereocenters. The number of nitrogens with one attached hydrogen (secondary N) is 2. The Balaban J connectivity index is 1.73. The van der Waals surface area contributed by atoms with Gasteiger partial charge < -0.3 is 15.5 Å². The third-order valence-corrected chi connectivity index (χ3v) is 6.60. The SMILES string of the molecule is O=C1CCCCC(N2CCCCCCCCCCCCNC(=O)c3ccc(cc3)C2=O)N1. The van der Waals surface area contributed by atoms with Crippen molar-refractivity contribution in [3.63, 3.8) is 0 Å². The van der Waals surface area contributed by atoms with Crippen molar-refractivity contribution in [2.24, 2.45) is 0 Å². The molecule has 3 aliphatic heterocycles. The zero-order chi connectivity index (χ0) is 22.6. The van der Waals surface area contributed by atoms with E-state index in [9.17, 15) is 14.4 Å². The number of hydrogen-bond donors (Lipinski definition) is 2. The van der Waals surface area contributed by atoms with Gasteiger partial charge in [-0.15, -0.1) is 0 Å². The van der Waals surface area contributed by atoms with Crippen LogP contribution in [0.15, 0.2) is 24.3 Å². The second-order valence-corrected chi connectivity index (χ2v) is 9.20. The van der Waals surface area contributed by atoms with Crippen LogP contribution in [0.2, 0.25) is 0 Å². The van der Waals surface area contributed by atoms with Crippen LogP contribution in [0.5, 0.6) is 0 Å². The summed E-state index contributed by atoms with van der Waals surface area (Å²) in [6.45, 7) is 1.33. The predicted octanol–water partition coefficient (Wildman–Crippen LogP) is 4.79. The molecule has 4 rings (SSSR count). The van der Waals surface area contributed by atoms with E-state index in [2.05, 4.69) is 10.6 Å². The fraction of sp³-hybridized carbons (Fsp3) is 0.654. The van der Waals surface area contributed by atoms with Gasteiger partial charge in [0.2, 0.25) is 5.91 Å². The number of amides is 3. The summed E-state index contributed by atoms with van der Waals surface area (Å²) in [5.74, 6) is -0.136. The third kappa shape index (κ3) is 7.64. The van der Waals surface area contributed by atoms with E-state index in [1.165, 1.54) is 38.5 Å². The largest absolute Gasteiger partial charge is 0.352 e. The van der Waals surface area contributed by atoms with Gasteiger partial charge in [-0.25, -0.2) is 0 Å². The topological polar surface area (TPSA) is 78.5 Å². The lowest BCUT2D eigenvalue weighted by Crippen LogP contribution is -2.50. The summed E-state index contributed by atoms with van der Waals surface area (Å²) in [6, 6.07) is 6.93. The van der Waals surface area contributed by atoms with Crippen LogP contribution in [0.3, 0.4) is 0 Å². The first-order valence-electron chi connectivity index (χ1n) is 12.6. The van der Waals surface area contributed by atoms with E-state index in [1.54, 1.807) is 24.3 Å². The summed E-state index contributed by atoms with van der Waals surface area (Å²) in [5.41, 5.74) is 1.14. The Kier molecular flexibility index (Phi) is 10.0. The lowest BCUT2D eigenvalue weighted by atomic mass is 10.0. The fourth-order valence-corrected chi connectivity index (χ4v) is 4.64. The van der Waals surface area contributed by atoms with Gasteiger partial charge in [0.15, 0.2) is 0 Å². The summed E-state index contributed by atoms with van der Waals surface area (Å²) in [5, 5.41) is 6.04. The Bertz CT molecular complexity index is 747. The molecule has 0 spiro atoms. The molecular formula is C26H39N3O3. The summed E-state index contributed by atoms with van der Waals surface area (Å²) in [4.78, 5) is 39.8. The normalized spacial score (nSPS) is 23.2. The fourth-order valence-electron chi connectivity index (χ4n) is 4.64. The molecule has 1 aromatic rings. The number of nitrogens with zero attached hydrogens (tertiary/aromatic N) is 1. The van der Waals surface area contributed by atoms with E-state index in [0.717, 1.165) is 44.9 Å². The van der Waals surface area contributed by atoms with Gasteiger partial charge in [-0.3, -0.25) is 14.4 Å². The highest BCUT2D eigenvalue weighted by molar-refractivity contribution is 5.98. The number of carbonyl (C=O) groups is 3. The minimum atomic E-state index is -0.252. The standard InChI is InChI=1S/C26H39N3O3/c30-24-14-10-9-13-23(28-24)29-20-12-8-6-4-2-1-3-5-7-11-19-27-25(31)21-15-17-22(18-16-21)26(29)32/h15-18,23H,1-14,19-20H2,(H,27,31)(H,28,30). The monoisotopic (exact) mass is 441 g/mol. The van der Waals surface area contributed by atoms with E-state index in [-0.39, 0.29) is 23.9 Å². The molecule has 3 aliphatic rings. The van der Waals surface area contributed by atoms with Crippen molar-refractivity contribution in [2.75, 3.05) is 13.1 Å². The molecule has 0 aromatic heterocycles. The Morgan fingerprint density at radius 2 is 1.28 bits per heavy atom. The number of benzene rings is 1. The van der Waals surface area contributed by atoms with Crippen molar-refractivity contribution < 1.29 is 14.4 Å². The Labute approximate surface area is 192 Å². The quantitative estimate of drug-likeness (QED) is 0.658. The van der Waals surface area contributed by atoms with Gasteiger partial charge in [-0.1, -0.05) is 51.4 Å². The summed E-state index contributed by atoms with van der Waals surface area (Å²) in [7, 11) is 0. The van der Waals surface area contributed by atoms with Gasteiger partial charge in [0.1, 0.15) is 6.17 Å². The smallest absolute Gasteiger partial charge is 0.255 e. The lowest BCUT2D eigenvalue weighted by Gasteiger charge is -2.32. The van der Waals surface area contributed by atoms with Gasteiger partial charge >= 0.3 is 0 Å². The van der Waals surface area contributed by atoms with E-state index in [1.807, 2.05) is 4.90 Å². The molecule has 2 N–H and O–H groups in total. The van der Waals surface area contributed by atoms with E-state index in [0.29, 0.717) is 30.6 Å². The Hall–Kier alpha value is -2.37. The van der Waals surface area contributed by atoms with Gasteiger partial charge in [0, 0.05) is 30.6 Å². The summed E-state index contributed by atoms with van der Waals surface area (Å²) >= 11 is 0. The van der Waals surface area contributed by atoms with Crippen molar-refractivity contribution in [3.8, 4) is 0 Å². The highest BCUT2D eigenvalue weighted by Gasteiger charge is 2.27. The van der Waals surface area contributed by atoms with Crippen molar-refractivity contribution in [3.05, 3.63) is 35.4 Å². The average Bonchev–Trinajstić information content (AvgIpc) is 3.02. The zero-order valence-electron chi connectivity index (χ0n) is 19.4. The van der Waals surface area contributed by atoms with E-state index in [4.69, 9.17) is 0 Å². The Morgan fingerprint density at radius 1 is 0.688 bits per heavy atom. The van der Waals surface area contributed by atoms with Crippen LogP contribution >= 0.6 is 0 Å². The van der Waals surface area contributed by atoms with Crippen molar-refractivity contribution >= 4 is 17.7 Å². The second kappa shape index (κ2) is 13.2. The zero-order valence-corrected chi connectivity index (χ0v) is 19.4. The number of hydrogen-bond acceptors (Lipinski definition) is 3. The second-order valence-electron chi connectivity index (χ2n) is 9.20.